The second-order valence-corrected chi connectivity index (χ2v) is 9.64. The van der Waals surface area contributed by atoms with Gasteiger partial charge in [0.25, 0.3) is 0 Å². The minimum absolute atomic E-state index is 0.0609. The fourth-order valence-corrected chi connectivity index (χ4v) is 3.95. The number of hydrogen-bond donors (Lipinski definition) is 2. The largest absolute Gasteiger partial charge is 0.479 e. The van der Waals surface area contributed by atoms with Crippen LogP contribution in [0.5, 0.6) is 0 Å². The van der Waals surface area contributed by atoms with Gasteiger partial charge in [-0.25, -0.2) is 4.79 Å². The average molecular weight is 405 g/mol. The molecule has 1 heterocycles. The minimum Gasteiger partial charge on any atom is -0.479 e. The van der Waals surface area contributed by atoms with E-state index >= 15 is 0 Å². The number of carbonyl (C=O) groups is 2. The third-order valence-corrected chi connectivity index (χ3v) is 5.69. The fraction of sp³-hybridized carbons (Fsp3) is 0.652. The van der Waals surface area contributed by atoms with E-state index in [1.165, 1.54) is 5.56 Å². The van der Waals surface area contributed by atoms with Gasteiger partial charge in [-0.1, -0.05) is 46.8 Å². The molecule has 29 heavy (non-hydrogen) atoms. The topological polar surface area (TPSA) is 81.1 Å². The van der Waals surface area contributed by atoms with Crippen molar-refractivity contribution in [2.24, 2.45) is 11.8 Å². The lowest BCUT2D eigenvalue weighted by Crippen LogP contribution is -2.57. The van der Waals surface area contributed by atoms with Crippen LogP contribution in [0.3, 0.4) is 0 Å². The lowest BCUT2D eigenvalue weighted by atomic mass is 9.87. The van der Waals surface area contributed by atoms with Gasteiger partial charge in [0.05, 0.1) is 5.92 Å². The number of carboxylic acids is 1. The van der Waals surface area contributed by atoms with Crippen LogP contribution in [-0.4, -0.2) is 58.8 Å². The Kier molecular flexibility index (Phi) is 7.33. The van der Waals surface area contributed by atoms with Gasteiger partial charge in [0.2, 0.25) is 5.91 Å². The zero-order valence-electron chi connectivity index (χ0n) is 18.6. The first-order valence-corrected chi connectivity index (χ1v) is 10.5. The molecule has 6 heteroatoms. The van der Waals surface area contributed by atoms with Gasteiger partial charge in [-0.15, -0.1) is 0 Å². The molecule has 3 atom stereocenters. The molecule has 2 unspecified atom stereocenters. The number of amides is 1. The summed E-state index contributed by atoms with van der Waals surface area (Å²) in [5.74, 6) is -2.39. The Bertz CT molecular complexity index is 709. The summed E-state index contributed by atoms with van der Waals surface area (Å²) >= 11 is 0. The van der Waals surface area contributed by atoms with Gasteiger partial charge in [0, 0.05) is 31.4 Å². The molecule has 1 fully saturated rings. The summed E-state index contributed by atoms with van der Waals surface area (Å²) in [6.45, 7) is 14.3. The van der Waals surface area contributed by atoms with Gasteiger partial charge in [0.15, 0.2) is 6.10 Å². The molecular formula is C23H36N2O4. The number of hydrogen-bond acceptors (Lipinski definition) is 4. The summed E-state index contributed by atoms with van der Waals surface area (Å²) in [5.41, 5.74) is 2.51. The molecule has 0 saturated carbocycles. The van der Waals surface area contributed by atoms with Crippen LogP contribution in [0.4, 0.5) is 5.69 Å². The number of piperazine rings is 1. The highest BCUT2D eigenvalue weighted by molar-refractivity contribution is 5.86. The molecule has 2 rings (SSSR count). The number of aliphatic carboxylic acids is 1. The highest BCUT2D eigenvalue weighted by Crippen LogP contribution is 2.27. The molecule has 0 aromatic heterocycles. The molecule has 1 saturated heterocycles. The highest BCUT2D eigenvalue weighted by Gasteiger charge is 2.38. The van der Waals surface area contributed by atoms with Crippen LogP contribution in [0.25, 0.3) is 0 Å². The van der Waals surface area contributed by atoms with E-state index in [-0.39, 0.29) is 23.3 Å². The molecule has 162 valence electrons. The first-order chi connectivity index (χ1) is 13.4. The van der Waals surface area contributed by atoms with E-state index in [4.69, 9.17) is 0 Å². The zero-order chi connectivity index (χ0) is 21.9. The Morgan fingerprint density at radius 2 is 1.72 bits per heavy atom. The molecule has 0 aliphatic carbocycles. The van der Waals surface area contributed by atoms with Crippen LogP contribution in [-0.2, 0) is 15.0 Å². The van der Waals surface area contributed by atoms with Crippen LogP contribution in [0.15, 0.2) is 24.3 Å². The number of carboxylic acid groups (broad SMARTS) is 1. The van der Waals surface area contributed by atoms with Crippen LogP contribution in [0.2, 0.25) is 0 Å². The molecule has 0 spiro atoms. The van der Waals surface area contributed by atoms with Crippen LogP contribution >= 0.6 is 0 Å². The second-order valence-electron chi connectivity index (χ2n) is 9.64. The standard InChI is InChI=1S/C23H36N2O4/c1-15(2)13-19(20(26)22(28)29)21(27)25-12-11-24(14-16(25)3)18-9-7-17(8-10-18)23(4,5)6/h7-10,15-16,19-20,26H,11-14H2,1-6H3,(H,28,29)/t16-,19?,20?/m1/s1. The van der Waals surface area contributed by atoms with Gasteiger partial charge in [-0.05, 0) is 42.4 Å². The molecule has 1 aliphatic heterocycles. The maximum Gasteiger partial charge on any atom is 0.333 e. The van der Waals surface area contributed by atoms with Gasteiger partial charge >= 0.3 is 5.97 Å². The summed E-state index contributed by atoms with van der Waals surface area (Å²) in [7, 11) is 0. The highest BCUT2D eigenvalue weighted by atomic mass is 16.4. The van der Waals surface area contributed by atoms with Gasteiger partial charge in [-0.2, -0.15) is 0 Å². The maximum atomic E-state index is 13.1. The molecule has 1 aliphatic rings. The number of benzene rings is 1. The second kappa shape index (κ2) is 9.16. The van der Waals surface area contributed by atoms with Crippen molar-refractivity contribution in [2.75, 3.05) is 24.5 Å². The molecular weight excluding hydrogens is 368 g/mol. The third kappa shape index (κ3) is 5.72. The first kappa shape index (κ1) is 23.2. The van der Waals surface area contributed by atoms with E-state index in [9.17, 15) is 19.8 Å². The molecule has 1 amide bonds. The summed E-state index contributed by atoms with van der Waals surface area (Å²) < 4.78 is 0. The Hall–Kier alpha value is -2.08. The Labute approximate surface area is 174 Å². The zero-order valence-corrected chi connectivity index (χ0v) is 18.6. The number of aliphatic hydroxyl groups excluding tert-OH is 1. The van der Waals surface area contributed by atoms with Crippen molar-refractivity contribution in [3.63, 3.8) is 0 Å². The van der Waals surface area contributed by atoms with Crippen molar-refractivity contribution in [3.8, 4) is 0 Å². The molecule has 1 aromatic rings. The Morgan fingerprint density at radius 1 is 1.14 bits per heavy atom. The van der Waals surface area contributed by atoms with E-state index in [0.717, 1.165) is 5.69 Å². The van der Waals surface area contributed by atoms with Crippen molar-refractivity contribution < 1.29 is 19.8 Å². The Balaban J connectivity index is 2.10. The summed E-state index contributed by atoms with van der Waals surface area (Å²) in [6, 6.07) is 8.49. The first-order valence-electron chi connectivity index (χ1n) is 10.5. The van der Waals surface area contributed by atoms with Gasteiger partial charge in [0.1, 0.15) is 0 Å². The van der Waals surface area contributed by atoms with E-state index < -0.39 is 18.0 Å². The number of carbonyl (C=O) groups excluding carboxylic acids is 1. The normalized spacial score (nSPS) is 19.9. The molecule has 0 radical (unpaired) electrons. The maximum absolute atomic E-state index is 13.1. The monoisotopic (exact) mass is 404 g/mol. The van der Waals surface area contributed by atoms with Crippen molar-refractivity contribution >= 4 is 17.6 Å². The smallest absolute Gasteiger partial charge is 0.333 e. The van der Waals surface area contributed by atoms with E-state index in [2.05, 4.69) is 49.9 Å². The molecule has 0 bridgehead atoms. The summed E-state index contributed by atoms with van der Waals surface area (Å²) in [6.07, 6.45) is -1.31. The number of rotatable bonds is 6. The van der Waals surface area contributed by atoms with Crippen molar-refractivity contribution in [3.05, 3.63) is 29.8 Å². The molecule has 6 nitrogen and oxygen atoms in total. The summed E-state index contributed by atoms with van der Waals surface area (Å²) in [4.78, 5) is 28.4. The van der Waals surface area contributed by atoms with E-state index in [0.29, 0.717) is 26.1 Å². The number of aliphatic hydroxyl groups is 1. The Morgan fingerprint density at radius 3 is 2.17 bits per heavy atom. The van der Waals surface area contributed by atoms with Crippen molar-refractivity contribution in [1.29, 1.82) is 0 Å². The van der Waals surface area contributed by atoms with Crippen LogP contribution in [0, 0.1) is 11.8 Å². The van der Waals surface area contributed by atoms with Crippen molar-refractivity contribution in [2.45, 2.75) is 65.5 Å². The summed E-state index contributed by atoms with van der Waals surface area (Å²) in [5, 5.41) is 19.3. The fourth-order valence-electron chi connectivity index (χ4n) is 3.95. The number of anilines is 1. The van der Waals surface area contributed by atoms with Crippen LogP contribution in [0.1, 0.15) is 53.5 Å². The average Bonchev–Trinajstić information content (AvgIpc) is 2.64. The molecule has 1 aromatic carbocycles. The predicted octanol–water partition coefficient (Wildman–Crippen LogP) is 3.13. The van der Waals surface area contributed by atoms with Crippen molar-refractivity contribution in [1.82, 2.24) is 4.90 Å². The van der Waals surface area contributed by atoms with E-state index in [1.54, 1.807) is 4.90 Å². The number of nitrogens with zero attached hydrogens (tertiary/aromatic N) is 2. The van der Waals surface area contributed by atoms with Crippen LogP contribution < -0.4 is 4.90 Å². The lowest BCUT2D eigenvalue weighted by molar-refractivity contribution is -0.158. The van der Waals surface area contributed by atoms with Gasteiger partial charge < -0.3 is 20.0 Å². The van der Waals surface area contributed by atoms with Gasteiger partial charge in [-0.3, -0.25) is 4.79 Å². The third-order valence-electron chi connectivity index (χ3n) is 5.69. The van der Waals surface area contributed by atoms with E-state index in [1.807, 2.05) is 20.8 Å². The minimum atomic E-state index is -1.67. The SMILES string of the molecule is CC(C)CC(C(=O)N1CCN(c2ccc(C(C)(C)C)cc2)C[C@H]1C)C(O)C(=O)O. The lowest BCUT2D eigenvalue weighted by Gasteiger charge is -2.42. The predicted molar refractivity (Wildman–Crippen MR) is 115 cm³/mol. The quantitative estimate of drug-likeness (QED) is 0.761. The molecule has 2 N–H and O–H groups in total.